The van der Waals surface area contributed by atoms with E-state index in [0.717, 1.165) is 29.8 Å². The fourth-order valence-corrected chi connectivity index (χ4v) is 4.24. The molecule has 0 bridgehead atoms. The highest BCUT2D eigenvalue weighted by Crippen LogP contribution is 2.41. The normalized spacial score (nSPS) is 17.9. The van der Waals surface area contributed by atoms with Crippen molar-refractivity contribution in [1.29, 1.82) is 0 Å². The van der Waals surface area contributed by atoms with Gasteiger partial charge in [0.1, 0.15) is 11.5 Å². The van der Waals surface area contributed by atoms with Crippen LogP contribution in [0.15, 0.2) is 48.0 Å². The molecule has 3 rings (SSSR count). The number of aliphatic hydroxyl groups excluding tert-OH is 1. The van der Waals surface area contributed by atoms with E-state index in [1.165, 1.54) is 7.11 Å². The second-order valence-corrected chi connectivity index (χ2v) is 8.14. The van der Waals surface area contributed by atoms with Crippen molar-refractivity contribution in [3.63, 3.8) is 0 Å². The minimum absolute atomic E-state index is 0.101. The first-order chi connectivity index (χ1) is 15.3. The fraction of sp³-hybridized carbons (Fsp3) is 0.385. The summed E-state index contributed by atoms with van der Waals surface area (Å²) in [7, 11) is 1.52. The number of rotatable bonds is 8. The van der Waals surface area contributed by atoms with Gasteiger partial charge < -0.3 is 19.6 Å². The number of carbonyl (C=O) groups excluding carboxylic acids is 2. The van der Waals surface area contributed by atoms with Crippen LogP contribution < -0.4 is 4.74 Å². The largest absolute Gasteiger partial charge is 0.507 e. The van der Waals surface area contributed by atoms with Crippen LogP contribution in [0.5, 0.6) is 5.75 Å². The molecule has 1 amide bonds. The molecule has 2 aromatic rings. The molecule has 1 N–H and O–H groups in total. The van der Waals surface area contributed by atoms with Gasteiger partial charge in [0.05, 0.1) is 24.3 Å². The van der Waals surface area contributed by atoms with Crippen LogP contribution >= 0.6 is 0 Å². The Morgan fingerprint density at radius 3 is 2.38 bits per heavy atom. The highest BCUT2D eigenvalue weighted by Gasteiger charge is 2.46. The van der Waals surface area contributed by atoms with Crippen LogP contribution in [0, 0.1) is 13.8 Å². The maximum Gasteiger partial charge on any atom is 0.295 e. The molecule has 32 heavy (non-hydrogen) atoms. The number of benzene rings is 2. The third-order valence-corrected chi connectivity index (χ3v) is 6.06. The fourth-order valence-electron chi connectivity index (χ4n) is 4.24. The number of aliphatic hydroxyl groups is 1. The van der Waals surface area contributed by atoms with Crippen LogP contribution in [0.2, 0.25) is 0 Å². The summed E-state index contributed by atoms with van der Waals surface area (Å²) >= 11 is 0. The number of aryl methyl sites for hydroxylation is 2. The van der Waals surface area contributed by atoms with Gasteiger partial charge in [-0.1, -0.05) is 55.3 Å². The van der Waals surface area contributed by atoms with Crippen LogP contribution in [0.25, 0.3) is 5.76 Å². The Bertz CT molecular complexity index is 1040. The molecular formula is C26H32N2O4. The van der Waals surface area contributed by atoms with Crippen LogP contribution in [-0.4, -0.2) is 59.9 Å². The Morgan fingerprint density at radius 2 is 1.75 bits per heavy atom. The Labute approximate surface area is 190 Å². The molecule has 0 spiro atoms. The van der Waals surface area contributed by atoms with Crippen LogP contribution in [-0.2, 0) is 9.59 Å². The average molecular weight is 437 g/mol. The Morgan fingerprint density at radius 1 is 1.06 bits per heavy atom. The maximum absolute atomic E-state index is 13.2. The smallest absolute Gasteiger partial charge is 0.295 e. The molecule has 1 atom stereocenters. The third kappa shape index (κ3) is 4.55. The number of hydrogen-bond donors (Lipinski definition) is 1. The minimum Gasteiger partial charge on any atom is -0.507 e. The first-order valence-electron chi connectivity index (χ1n) is 11.0. The number of ketones is 1. The lowest BCUT2D eigenvalue weighted by atomic mass is 9.93. The van der Waals surface area contributed by atoms with Gasteiger partial charge >= 0.3 is 0 Å². The Kier molecular flexibility index (Phi) is 7.36. The predicted octanol–water partition coefficient (Wildman–Crippen LogP) is 4.08. The van der Waals surface area contributed by atoms with E-state index in [1.807, 2.05) is 44.2 Å². The second-order valence-electron chi connectivity index (χ2n) is 8.14. The summed E-state index contributed by atoms with van der Waals surface area (Å²) in [5.74, 6) is -1.01. The summed E-state index contributed by atoms with van der Waals surface area (Å²) in [5.41, 5.74) is 3.24. The third-order valence-electron chi connectivity index (χ3n) is 6.06. The lowest BCUT2D eigenvalue weighted by Crippen LogP contribution is -2.38. The van der Waals surface area contributed by atoms with Crippen molar-refractivity contribution >= 4 is 17.4 Å². The van der Waals surface area contributed by atoms with Gasteiger partial charge in [-0.25, -0.2) is 0 Å². The average Bonchev–Trinajstić information content (AvgIpc) is 3.04. The zero-order valence-electron chi connectivity index (χ0n) is 19.5. The molecule has 6 nitrogen and oxygen atoms in total. The van der Waals surface area contributed by atoms with Gasteiger partial charge in [-0.3, -0.25) is 9.59 Å². The second kappa shape index (κ2) is 10.0. The zero-order valence-corrected chi connectivity index (χ0v) is 19.5. The number of Topliss-reactive ketones (excluding diaryl/α,β-unsaturated/α-hetero) is 1. The predicted molar refractivity (Wildman–Crippen MR) is 126 cm³/mol. The number of ether oxygens (including phenoxy) is 1. The molecule has 6 heteroatoms. The van der Waals surface area contributed by atoms with E-state index in [2.05, 4.69) is 18.7 Å². The molecule has 170 valence electrons. The summed E-state index contributed by atoms with van der Waals surface area (Å²) in [6.07, 6.45) is 0. The molecular weight excluding hydrogens is 404 g/mol. The van der Waals surface area contributed by atoms with E-state index in [4.69, 9.17) is 4.74 Å². The first-order valence-corrected chi connectivity index (χ1v) is 11.0. The molecule has 1 fully saturated rings. The molecule has 0 aromatic heterocycles. The van der Waals surface area contributed by atoms with Gasteiger partial charge in [0.2, 0.25) is 0 Å². The highest BCUT2D eigenvalue weighted by atomic mass is 16.5. The molecule has 1 saturated heterocycles. The van der Waals surface area contributed by atoms with Gasteiger partial charge in [-0.15, -0.1) is 0 Å². The van der Waals surface area contributed by atoms with Crippen molar-refractivity contribution in [2.75, 3.05) is 33.3 Å². The number of carbonyl (C=O) groups is 2. The zero-order chi connectivity index (χ0) is 23.4. The number of hydrogen-bond acceptors (Lipinski definition) is 5. The topological polar surface area (TPSA) is 70.1 Å². The quantitative estimate of drug-likeness (QED) is 0.384. The summed E-state index contributed by atoms with van der Waals surface area (Å²) in [6, 6.07) is 12.5. The summed E-state index contributed by atoms with van der Waals surface area (Å²) in [4.78, 5) is 30.1. The van der Waals surface area contributed by atoms with Gasteiger partial charge in [0, 0.05) is 13.1 Å². The first kappa shape index (κ1) is 23.5. The van der Waals surface area contributed by atoms with Gasteiger partial charge in [-0.05, 0) is 44.6 Å². The molecule has 0 radical (unpaired) electrons. The SMILES string of the molecule is CCN(CC)CCN1C(=O)C(=O)/C(=C(/O)c2cc(C)ccc2OC)C1c1cccc(C)c1. The summed E-state index contributed by atoms with van der Waals surface area (Å²) < 4.78 is 5.43. The Balaban J connectivity index is 2.17. The maximum atomic E-state index is 13.2. The van der Waals surface area contributed by atoms with E-state index >= 15 is 0 Å². The van der Waals surface area contributed by atoms with E-state index < -0.39 is 17.7 Å². The molecule has 0 saturated carbocycles. The lowest BCUT2D eigenvalue weighted by molar-refractivity contribution is -0.140. The molecule has 1 unspecified atom stereocenters. The molecule has 1 aliphatic heterocycles. The highest BCUT2D eigenvalue weighted by molar-refractivity contribution is 6.46. The molecule has 1 heterocycles. The standard InChI is InChI=1S/C26H32N2O4/c1-6-27(7-2)13-14-28-23(19-10-8-9-17(3)15-19)22(25(30)26(28)31)24(29)20-16-18(4)11-12-21(20)32-5/h8-12,15-16,23,29H,6-7,13-14H2,1-5H3/b24-22+. The van der Waals surface area contributed by atoms with Gasteiger partial charge in [0.15, 0.2) is 0 Å². The van der Waals surface area contributed by atoms with Crippen LogP contribution in [0.1, 0.15) is 42.1 Å². The number of nitrogens with zero attached hydrogens (tertiary/aromatic N) is 2. The van der Waals surface area contributed by atoms with Crippen molar-refractivity contribution in [1.82, 2.24) is 9.80 Å². The van der Waals surface area contributed by atoms with Crippen molar-refractivity contribution in [2.45, 2.75) is 33.7 Å². The molecule has 0 aliphatic carbocycles. The Hall–Kier alpha value is -3.12. The van der Waals surface area contributed by atoms with E-state index in [-0.39, 0.29) is 11.3 Å². The number of likely N-dealkylation sites (N-methyl/N-ethyl adjacent to an activating group) is 1. The molecule has 2 aromatic carbocycles. The van der Waals surface area contributed by atoms with Crippen molar-refractivity contribution in [3.8, 4) is 5.75 Å². The monoisotopic (exact) mass is 436 g/mol. The lowest BCUT2D eigenvalue weighted by Gasteiger charge is -2.28. The van der Waals surface area contributed by atoms with Gasteiger partial charge in [0.25, 0.3) is 11.7 Å². The number of likely N-dealkylation sites (tertiary alicyclic amines) is 1. The van der Waals surface area contributed by atoms with Crippen molar-refractivity contribution in [2.24, 2.45) is 0 Å². The number of methoxy groups -OCH3 is 1. The van der Waals surface area contributed by atoms with E-state index in [1.54, 1.807) is 17.0 Å². The van der Waals surface area contributed by atoms with Crippen molar-refractivity contribution in [3.05, 3.63) is 70.3 Å². The summed E-state index contributed by atoms with van der Waals surface area (Å²) in [5, 5.41) is 11.3. The molecule has 1 aliphatic rings. The number of amides is 1. The minimum atomic E-state index is -0.669. The van der Waals surface area contributed by atoms with E-state index in [9.17, 15) is 14.7 Å². The van der Waals surface area contributed by atoms with Crippen molar-refractivity contribution < 1.29 is 19.4 Å². The van der Waals surface area contributed by atoms with Crippen LogP contribution in [0.4, 0.5) is 0 Å². The van der Waals surface area contributed by atoms with E-state index in [0.29, 0.717) is 24.4 Å². The summed E-state index contributed by atoms with van der Waals surface area (Å²) in [6.45, 7) is 10.8. The van der Waals surface area contributed by atoms with Gasteiger partial charge in [-0.2, -0.15) is 0 Å². The van der Waals surface area contributed by atoms with Crippen LogP contribution in [0.3, 0.4) is 0 Å².